The number of benzene rings is 1. The van der Waals surface area contributed by atoms with Gasteiger partial charge in [-0.3, -0.25) is 14.4 Å². The number of nitrogens with zero attached hydrogens (tertiary/aromatic N) is 1. The van der Waals surface area contributed by atoms with Gasteiger partial charge < -0.3 is 15.3 Å². The number of halogens is 1. The maximum absolute atomic E-state index is 12.5. The van der Waals surface area contributed by atoms with Gasteiger partial charge in [-0.2, -0.15) is 0 Å². The van der Waals surface area contributed by atoms with E-state index in [-0.39, 0.29) is 12.5 Å². The molecule has 24 heavy (non-hydrogen) atoms. The topological polar surface area (TPSA) is 86.7 Å². The summed E-state index contributed by atoms with van der Waals surface area (Å²) in [5.74, 6) is -2.83. The molecule has 2 rings (SSSR count). The predicted octanol–water partition coefficient (Wildman–Crippen LogP) is 2.17. The van der Waals surface area contributed by atoms with Gasteiger partial charge in [-0.05, 0) is 30.7 Å². The predicted molar refractivity (Wildman–Crippen MR) is 89.9 cm³/mol. The third kappa shape index (κ3) is 4.26. The molecule has 0 radical (unpaired) electrons. The molecule has 1 aromatic rings. The molecule has 1 saturated heterocycles. The molecule has 6 nitrogen and oxygen atoms in total. The molecule has 2 N–H and O–H groups in total. The van der Waals surface area contributed by atoms with E-state index < -0.39 is 23.8 Å². The minimum atomic E-state index is -1.08. The van der Waals surface area contributed by atoms with Gasteiger partial charge in [0, 0.05) is 23.7 Å². The van der Waals surface area contributed by atoms with Crippen LogP contribution >= 0.6 is 11.6 Å². The Bertz CT molecular complexity index is 618. The highest BCUT2D eigenvalue weighted by atomic mass is 35.5. The number of hydrogen-bond acceptors (Lipinski definition) is 3. The maximum atomic E-state index is 12.5. The fourth-order valence-corrected chi connectivity index (χ4v) is 2.89. The highest BCUT2D eigenvalue weighted by Gasteiger charge is 2.45. The number of aliphatic carboxylic acids is 1. The third-order valence-electron chi connectivity index (χ3n) is 4.14. The summed E-state index contributed by atoms with van der Waals surface area (Å²) in [6.45, 7) is 2.70. The second kappa shape index (κ2) is 8.15. The molecule has 2 amide bonds. The van der Waals surface area contributed by atoms with Crippen molar-refractivity contribution in [1.82, 2.24) is 10.2 Å². The van der Waals surface area contributed by atoms with Crippen LogP contribution in [0.25, 0.3) is 0 Å². The first-order valence-corrected chi connectivity index (χ1v) is 8.40. The summed E-state index contributed by atoms with van der Waals surface area (Å²) in [6, 6.07) is 5.17. The minimum absolute atomic E-state index is 0.128. The van der Waals surface area contributed by atoms with Crippen LogP contribution in [-0.2, 0) is 9.59 Å². The second-order valence-electron chi connectivity index (χ2n) is 5.89. The van der Waals surface area contributed by atoms with E-state index in [9.17, 15) is 19.5 Å². The number of unbranched alkanes of at least 4 members (excludes halogenated alkanes) is 2. The Morgan fingerprint density at radius 2 is 1.96 bits per heavy atom. The van der Waals surface area contributed by atoms with Gasteiger partial charge >= 0.3 is 5.97 Å². The lowest BCUT2D eigenvalue weighted by molar-refractivity contribution is -0.142. The van der Waals surface area contributed by atoms with E-state index in [2.05, 4.69) is 12.2 Å². The molecular weight excluding hydrogens is 332 g/mol. The molecule has 0 saturated carbocycles. The first-order chi connectivity index (χ1) is 11.4. The highest BCUT2D eigenvalue weighted by Crippen LogP contribution is 2.20. The van der Waals surface area contributed by atoms with E-state index >= 15 is 0 Å². The molecule has 130 valence electrons. The molecule has 0 bridgehead atoms. The minimum Gasteiger partial charge on any atom is -0.481 e. The summed E-state index contributed by atoms with van der Waals surface area (Å²) in [4.78, 5) is 37.7. The standard InChI is InChI=1S/C17H21ClN2O4/c1-2-3-4-9-20-10-13(17(23)24)14(16(20)22)19-15(21)11-5-7-12(18)8-6-11/h5-8,13-14H,2-4,9-10H2,1H3,(H,19,21)(H,23,24)/t13-,14+/m0/s1. The summed E-state index contributed by atoms with van der Waals surface area (Å²) >= 11 is 5.78. The Hall–Kier alpha value is -2.08. The Morgan fingerprint density at radius 1 is 1.29 bits per heavy atom. The zero-order chi connectivity index (χ0) is 17.7. The van der Waals surface area contributed by atoms with Crippen LogP contribution in [-0.4, -0.2) is 46.9 Å². The second-order valence-corrected chi connectivity index (χ2v) is 6.33. The van der Waals surface area contributed by atoms with Gasteiger partial charge in [0.05, 0.1) is 0 Å². The molecule has 0 aromatic heterocycles. The van der Waals surface area contributed by atoms with Gasteiger partial charge in [-0.25, -0.2) is 0 Å². The van der Waals surface area contributed by atoms with Crippen molar-refractivity contribution in [3.05, 3.63) is 34.9 Å². The van der Waals surface area contributed by atoms with Crippen LogP contribution in [0.3, 0.4) is 0 Å². The normalized spacial score (nSPS) is 20.2. The average Bonchev–Trinajstić information content (AvgIpc) is 2.85. The van der Waals surface area contributed by atoms with Crippen molar-refractivity contribution in [3.8, 4) is 0 Å². The van der Waals surface area contributed by atoms with Gasteiger partial charge in [0.2, 0.25) is 5.91 Å². The van der Waals surface area contributed by atoms with Crippen molar-refractivity contribution in [2.24, 2.45) is 5.92 Å². The number of amides is 2. The lowest BCUT2D eigenvalue weighted by Crippen LogP contribution is -2.46. The van der Waals surface area contributed by atoms with E-state index in [0.29, 0.717) is 17.1 Å². The molecule has 1 heterocycles. The average molecular weight is 353 g/mol. The molecule has 0 spiro atoms. The summed E-state index contributed by atoms with van der Waals surface area (Å²) in [5, 5.41) is 12.4. The number of carbonyl (C=O) groups is 3. The highest BCUT2D eigenvalue weighted by molar-refractivity contribution is 6.30. The van der Waals surface area contributed by atoms with Gasteiger partial charge in [-0.1, -0.05) is 31.4 Å². The van der Waals surface area contributed by atoms with E-state index in [1.54, 1.807) is 12.1 Å². The maximum Gasteiger partial charge on any atom is 0.310 e. The van der Waals surface area contributed by atoms with Crippen LogP contribution in [0.4, 0.5) is 0 Å². The van der Waals surface area contributed by atoms with E-state index in [1.165, 1.54) is 17.0 Å². The Labute approximate surface area is 145 Å². The Morgan fingerprint density at radius 3 is 2.54 bits per heavy atom. The molecule has 1 aromatic carbocycles. The zero-order valence-electron chi connectivity index (χ0n) is 13.5. The van der Waals surface area contributed by atoms with E-state index in [4.69, 9.17) is 11.6 Å². The molecule has 1 aliphatic heterocycles. The van der Waals surface area contributed by atoms with Gasteiger partial charge in [-0.15, -0.1) is 0 Å². The van der Waals surface area contributed by atoms with Crippen molar-refractivity contribution < 1.29 is 19.5 Å². The van der Waals surface area contributed by atoms with Crippen LogP contribution < -0.4 is 5.32 Å². The van der Waals surface area contributed by atoms with Crippen LogP contribution in [0.2, 0.25) is 5.02 Å². The smallest absolute Gasteiger partial charge is 0.310 e. The quantitative estimate of drug-likeness (QED) is 0.736. The zero-order valence-corrected chi connectivity index (χ0v) is 14.3. The fraction of sp³-hybridized carbons (Fsp3) is 0.471. The first kappa shape index (κ1) is 18.3. The summed E-state index contributed by atoms with van der Waals surface area (Å²) < 4.78 is 0. The lowest BCUT2D eigenvalue weighted by Gasteiger charge is -2.17. The van der Waals surface area contributed by atoms with Crippen molar-refractivity contribution in [2.75, 3.05) is 13.1 Å². The van der Waals surface area contributed by atoms with Crippen molar-refractivity contribution in [3.63, 3.8) is 0 Å². The van der Waals surface area contributed by atoms with Crippen molar-refractivity contribution in [2.45, 2.75) is 32.2 Å². The van der Waals surface area contributed by atoms with Crippen molar-refractivity contribution >= 4 is 29.4 Å². The molecular formula is C17H21ClN2O4. The van der Waals surface area contributed by atoms with Crippen LogP contribution in [0.5, 0.6) is 0 Å². The number of hydrogen-bond donors (Lipinski definition) is 2. The van der Waals surface area contributed by atoms with Crippen LogP contribution in [0.1, 0.15) is 36.5 Å². The summed E-state index contributed by atoms with van der Waals surface area (Å²) in [6.07, 6.45) is 2.82. The van der Waals surface area contributed by atoms with Crippen LogP contribution in [0.15, 0.2) is 24.3 Å². The van der Waals surface area contributed by atoms with Crippen molar-refractivity contribution in [1.29, 1.82) is 0 Å². The van der Waals surface area contributed by atoms with Gasteiger partial charge in [0.15, 0.2) is 0 Å². The van der Waals surface area contributed by atoms with E-state index in [1.807, 2.05) is 0 Å². The number of carboxylic acid groups (broad SMARTS) is 1. The Balaban J connectivity index is 2.07. The molecule has 2 atom stereocenters. The summed E-state index contributed by atoms with van der Waals surface area (Å²) in [7, 11) is 0. The largest absolute Gasteiger partial charge is 0.481 e. The van der Waals surface area contributed by atoms with Gasteiger partial charge in [0.25, 0.3) is 5.91 Å². The number of carboxylic acids is 1. The molecule has 0 unspecified atom stereocenters. The lowest BCUT2D eigenvalue weighted by atomic mass is 10.0. The monoisotopic (exact) mass is 352 g/mol. The molecule has 7 heteroatoms. The Kier molecular flexibility index (Phi) is 6.20. The first-order valence-electron chi connectivity index (χ1n) is 8.02. The number of likely N-dealkylation sites (tertiary alicyclic amines) is 1. The third-order valence-corrected chi connectivity index (χ3v) is 4.39. The number of rotatable bonds is 7. The van der Waals surface area contributed by atoms with Gasteiger partial charge in [0.1, 0.15) is 12.0 Å². The molecule has 1 fully saturated rings. The van der Waals surface area contributed by atoms with E-state index in [0.717, 1.165) is 19.3 Å². The summed E-state index contributed by atoms with van der Waals surface area (Å²) in [5.41, 5.74) is 0.334. The fourth-order valence-electron chi connectivity index (χ4n) is 2.76. The SMILES string of the molecule is CCCCCN1C[C@H](C(=O)O)[C@@H](NC(=O)c2ccc(Cl)cc2)C1=O. The molecule has 0 aliphatic carbocycles. The molecule has 1 aliphatic rings. The number of nitrogens with one attached hydrogen (secondary N) is 1. The van der Waals surface area contributed by atoms with Crippen LogP contribution in [0, 0.1) is 5.92 Å². The number of carbonyl (C=O) groups excluding carboxylic acids is 2.